The molecule has 1 saturated carbocycles. The molecule has 0 spiro atoms. The van der Waals surface area contributed by atoms with Crippen molar-refractivity contribution in [3.05, 3.63) is 42.5 Å². The summed E-state index contributed by atoms with van der Waals surface area (Å²) in [6.45, 7) is 3.97. The van der Waals surface area contributed by atoms with Gasteiger partial charge in [0.2, 0.25) is 5.91 Å². The highest BCUT2D eigenvalue weighted by Crippen LogP contribution is 2.25. The predicted octanol–water partition coefficient (Wildman–Crippen LogP) is 2.09. The molecule has 22 heavy (non-hydrogen) atoms. The van der Waals surface area contributed by atoms with Gasteiger partial charge in [-0.25, -0.2) is 0 Å². The highest BCUT2D eigenvalue weighted by atomic mass is 35.5. The van der Waals surface area contributed by atoms with Crippen molar-refractivity contribution in [2.24, 2.45) is 11.7 Å². The number of amides is 2. The van der Waals surface area contributed by atoms with E-state index in [-0.39, 0.29) is 36.2 Å². The molecule has 120 valence electrons. The first kappa shape index (κ1) is 18.2. The van der Waals surface area contributed by atoms with Crippen molar-refractivity contribution in [1.82, 2.24) is 5.32 Å². The zero-order valence-corrected chi connectivity index (χ0v) is 13.2. The Labute approximate surface area is 136 Å². The zero-order valence-electron chi connectivity index (χ0n) is 12.4. The van der Waals surface area contributed by atoms with Crippen molar-refractivity contribution >= 4 is 29.9 Å². The van der Waals surface area contributed by atoms with Crippen molar-refractivity contribution in [2.75, 3.05) is 11.9 Å². The predicted molar refractivity (Wildman–Crippen MR) is 90.2 cm³/mol. The summed E-state index contributed by atoms with van der Waals surface area (Å²) in [6, 6.07) is 6.98. The average molecular weight is 324 g/mol. The molecule has 2 rings (SSSR count). The SMILES string of the molecule is C=CCNC(=O)c1ccc(NC(=O)C2CCC(N)C2)cc1.Cl. The molecule has 0 saturated heterocycles. The second kappa shape index (κ2) is 8.56. The molecule has 1 aromatic carbocycles. The van der Waals surface area contributed by atoms with Crippen LogP contribution in [0.5, 0.6) is 0 Å². The molecule has 1 aromatic rings. The van der Waals surface area contributed by atoms with Gasteiger partial charge in [-0.3, -0.25) is 9.59 Å². The lowest BCUT2D eigenvalue weighted by Crippen LogP contribution is -2.24. The van der Waals surface area contributed by atoms with Gasteiger partial charge in [0.05, 0.1) is 0 Å². The molecule has 5 nitrogen and oxygen atoms in total. The van der Waals surface area contributed by atoms with E-state index in [2.05, 4.69) is 17.2 Å². The second-order valence-electron chi connectivity index (χ2n) is 5.34. The molecule has 0 heterocycles. The summed E-state index contributed by atoms with van der Waals surface area (Å²) in [5, 5.41) is 5.57. The number of anilines is 1. The van der Waals surface area contributed by atoms with Crippen LogP contribution in [-0.2, 0) is 4.79 Å². The number of nitrogens with two attached hydrogens (primary N) is 1. The molecule has 4 N–H and O–H groups in total. The molecule has 0 aromatic heterocycles. The second-order valence-corrected chi connectivity index (χ2v) is 5.34. The third-order valence-electron chi connectivity index (χ3n) is 3.67. The molecular weight excluding hydrogens is 302 g/mol. The zero-order chi connectivity index (χ0) is 15.2. The highest BCUT2D eigenvalue weighted by molar-refractivity contribution is 5.96. The smallest absolute Gasteiger partial charge is 0.251 e. The number of benzene rings is 1. The van der Waals surface area contributed by atoms with Gasteiger partial charge in [-0.05, 0) is 43.5 Å². The fourth-order valence-corrected chi connectivity index (χ4v) is 2.47. The van der Waals surface area contributed by atoms with Gasteiger partial charge in [0, 0.05) is 29.8 Å². The van der Waals surface area contributed by atoms with E-state index in [4.69, 9.17) is 5.73 Å². The molecule has 6 heteroatoms. The van der Waals surface area contributed by atoms with E-state index in [1.807, 2.05) is 0 Å². The molecule has 0 aliphatic heterocycles. The van der Waals surface area contributed by atoms with Crippen molar-refractivity contribution < 1.29 is 9.59 Å². The quantitative estimate of drug-likeness (QED) is 0.725. The minimum Gasteiger partial charge on any atom is -0.349 e. The maximum Gasteiger partial charge on any atom is 0.251 e. The Kier molecular flexibility index (Phi) is 7.08. The van der Waals surface area contributed by atoms with Gasteiger partial charge in [-0.2, -0.15) is 0 Å². The fourth-order valence-electron chi connectivity index (χ4n) is 2.47. The molecule has 2 amide bonds. The van der Waals surface area contributed by atoms with Crippen molar-refractivity contribution in [2.45, 2.75) is 25.3 Å². The van der Waals surface area contributed by atoms with Crippen LogP contribution in [0, 0.1) is 5.92 Å². The molecular formula is C16H22ClN3O2. The van der Waals surface area contributed by atoms with Crippen molar-refractivity contribution in [1.29, 1.82) is 0 Å². The summed E-state index contributed by atoms with van der Waals surface area (Å²) in [6.07, 6.45) is 4.11. The van der Waals surface area contributed by atoms with Crippen LogP contribution in [0.15, 0.2) is 36.9 Å². The number of nitrogens with one attached hydrogen (secondary N) is 2. The Morgan fingerprint density at radius 3 is 2.50 bits per heavy atom. The normalized spacial score (nSPS) is 19.9. The molecule has 2 atom stereocenters. The summed E-state index contributed by atoms with van der Waals surface area (Å²) in [5.74, 6) is -0.156. The molecule has 1 aliphatic carbocycles. The van der Waals surface area contributed by atoms with Gasteiger partial charge in [-0.1, -0.05) is 6.08 Å². The monoisotopic (exact) mass is 323 g/mol. The van der Waals surface area contributed by atoms with Gasteiger partial charge >= 0.3 is 0 Å². The molecule has 1 fully saturated rings. The molecule has 0 radical (unpaired) electrons. The minimum atomic E-state index is -0.158. The van der Waals surface area contributed by atoms with Crippen LogP contribution in [0.1, 0.15) is 29.6 Å². The van der Waals surface area contributed by atoms with Crippen molar-refractivity contribution in [3.8, 4) is 0 Å². The van der Waals surface area contributed by atoms with Crippen LogP contribution >= 0.6 is 12.4 Å². The molecule has 1 aliphatic rings. The standard InChI is InChI=1S/C16H21N3O2.ClH/c1-2-9-18-15(20)11-4-7-14(8-5-11)19-16(21)12-3-6-13(17)10-12;/h2,4-5,7-8,12-13H,1,3,6,9-10,17H2,(H,18,20)(H,19,21);1H. The Hall–Kier alpha value is -1.85. The van der Waals surface area contributed by atoms with Crippen LogP contribution in [0.3, 0.4) is 0 Å². The highest BCUT2D eigenvalue weighted by Gasteiger charge is 2.27. The number of halogens is 1. The van der Waals surface area contributed by atoms with Crippen LogP contribution in [0.4, 0.5) is 5.69 Å². The van der Waals surface area contributed by atoms with E-state index < -0.39 is 0 Å². The summed E-state index contributed by atoms with van der Waals surface area (Å²) in [7, 11) is 0. The van der Waals surface area contributed by atoms with Gasteiger partial charge in [0.1, 0.15) is 0 Å². The summed E-state index contributed by atoms with van der Waals surface area (Å²) in [4.78, 5) is 23.8. The van der Waals surface area contributed by atoms with Gasteiger partial charge in [0.25, 0.3) is 5.91 Å². The first-order chi connectivity index (χ1) is 10.1. The topological polar surface area (TPSA) is 84.2 Å². The van der Waals surface area contributed by atoms with Crippen LogP contribution in [0.2, 0.25) is 0 Å². The first-order valence-corrected chi connectivity index (χ1v) is 7.15. The van der Waals surface area contributed by atoms with E-state index in [9.17, 15) is 9.59 Å². The van der Waals surface area contributed by atoms with E-state index in [0.717, 1.165) is 19.3 Å². The van der Waals surface area contributed by atoms with Crippen molar-refractivity contribution in [3.63, 3.8) is 0 Å². The summed E-state index contributed by atoms with van der Waals surface area (Å²) >= 11 is 0. The Morgan fingerprint density at radius 2 is 1.95 bits per heavy atom. The maximum absolute atomic E-state index is 12.1. The third-order valence-corrected chi connectivity index (χ3v) is 3.67. The van der Waals surface area contributed by atoms with Crippen LogP contribution in [0.25, 0.3) is 0 Å². The minimum absolute atomic E-state index is 0. The van der Waals surface area contributed by atoms with Crippen LogP contribution < -0.4 is 16.4 Å². The average Bonchev–Trinajstić information content (AvgIpc) is 2.92. The molecule has 0 bridgehead atoms. The fraction of sp³-hybridized carbons (Fsp3) is 0.375. The van der Waals surface area contributed by atoms with Crippen LogP contribution in [-0.4, -0.2) is 24.4 Å². The van der Waals surface area contributed by atoms with E-state index in [1.165, 1.54) is 0 Å². The first-order valence-electron chi connectivity index (χ1n) is 7.15. The third kappa shape index (κ3) is 4.86. The van der Waals surface area contributed by atoms with E-state index in [0.29, 0.717) is 17.8 Å². The summed E-state index contributed by atoms with van der Waals surface area (Å²) in [5.41, 5.74) is 7.07. The summed E-state index contributed by atoms with van der Waals surface area (Å²) < 4.78 is 0. The Balaban J connectivity index is 0.00000242. The Bertz CT molecular complexity index is 531. The lowest BCUT2D eigenvalue weighted by Gasteiger charge is -2.11. The molecule has 2 unspecified atom stereocenters. The number of carbonyl (C=O) groups is 2. The largest absolute Gasteiger partial charge is 0.349 e. The number of hydrogen-bond donors (Lipinski definition) is 3. The maximum atomic E-state index is 12.1. The van der Waals surface area contributed by atoms with E-state index >= 15 is 0 Å². The van der Waals surface area contributed by atoms with Gasteiger partial charge < -0.3 is 16.4 Å². The van der Waals surface area contributed by atoms with Gasteiger partial charge in [0.15, 0.2) is 0 Å². The van der Waals surface area contributed by atoms with E-state index in [1.54, 1.807) is 30.3 Å². The lowest BCUT2D eigenvalue weighted by atomic mass is 10.1. The Morgan fingerprint density at radius 1 is 1.27 bits per heavy atom. The lowest BCUT2D eigenvalue weighted by molar-refractivity contribution is -0.119. The number of carbonyl (C=O) groups excluding carboxylic acids is 2. The van der Waals surface area contributed by atoms with Gasteiger partial charge in [-0.15, -0.1) is 19.0 Å². The number of rotatable bonds is 5. The number of hydrogen-bond acceptors (Lipinski definition) is 3.